The predicted molar refractivity (Wildman–Crippen MR) is 79.6 cm³/mol. The summed E-state index contributed by atoms with van der Waals surface area (Å²) in [5.74, 6) is -0.535. The fourth-order valence-corrected chi connectivity index (χ4v) is 2.35. The second-order valence-corrected chi connectivity index (χ2v) is 5.07. The molecule has 1 saturated heterocycles. The molecular formula is C13H11Cl2N3O3. The number of urea groups is 2. The Hall–Kier alpha value is -2.05. The van der Waals surface area contributed by atoms with Gasteiger partial charge in [-0.15, -0.1) is 6.58 Å². The molecule has 1 fully saturated rings. The lowest BCUT2D eigenvalue weighted by molar-refractivity contribution is -0.116. The van der Waals surface area contributed by atoms with Gasteiger partial charge < -0.3 is 5.32 Å². The number of imide groups is 2. The molecule has 1 N–H and O–H groups in total. The first kappa shape index (κ1) is 15.3. The molecule has 2 rings (SSSR count). The molecule has 6 nitrogen and oxygen atoms in total. The quantitative estimate of drug-likeness (QED) is 0.685. The van der Waals surface area contributed by atoms with Crippen molar-refractivity contribution >= 4 is 46.9 Å². The normalized spacial score (nSPS) is 14.6. The van der Waals surface area contributed by atoms with Crippen LogP contribution in [-0.2, 0) is 4.79 Å². The minimum atomic E-state index is -0.750. The zero-order valence-electron chi connectivity index (χ0n) is 10.8. The van der Waals surface area contributed by atoms with Crippen LogP contribution in [0.25, 0.3) is 0 Å². The Morgan fingerprint density at radius 2 is 1.90 bits per heavy atom. The van der Waals surface area contributed by atoms with Crippen molar-refractivity contribution in [2.45, 2.75) is 0 Å². The van der Waals surface area contributed by atoms with Crippen molar-refractivity contribution in [1.82, 2.24) is 10.2 Å². The van der Waals surface area contributed by atoms with Crippen molar-refractivity contribution < 1.29 is 14.4 Å². The van der Waals surface area contributed by atoms with Crippen LogP contribution in [0.3, 0.4) is 0 Å². The molecule has 1 heterocycles. The van der Waals surface area contributed by atoms with Crippen molar-refractivity contribution in [1.29, 1.82) is 0 Å². The topological polar surface area (TPSA) is 69.7 Å². The number of carbonyl (C=O) groups excluding carboxylic acids is 3. The van der Waals surface area contributed by atoms with Crippen LogP contribution in [0.2, 0.25) is 10.0 Å². The first-order valence-electron chi connectivity index (χ1n) is 5.93. The summed E-state index contributed by atoms with van der Waals surface area (Å²) in [5.41, 5.74) is 0.224. The summed E-state index contributed by atoms with van der Waals surface area (Å²) in [6.07, 6.45) is 1.47. The van der Waals surface area contributed by atoms with Crippen LogP contribution < -0.4 is 10.2 Å². The van der Waals surface area contributed by atoms with Crippen LogP contribution in [0.15, 0.2) is 30.9 Å². The zero-order chi connectivity index (χ0) is 15.6. The standard InChI is InChI=1S/C13H11Cl2N3O3/c1-2-3-16-12(20)17-7-11(19)18(13(17)21)10-5-8(14)4-9(15)6-10/h2,4-6H,1,3,7H2,(H,16,20). The van der Waals surface area contributed by atoms with Crippen LogP contribution in [0.4, 0.5) is 15.3 Å². The summed E-state index contributed by atoms with van der Waals surface area (Å²) < 4.78 is 0. The number of benzene rings is 1. The van der Waals surface area contributed by atoms with Crippen LogP contribution in [0.5, 0.6) is 0 Å². The van der Waals surface area contributed by atoms with Gasteiger partial charge in [0.15, 0.2) is 0 Å². The number of amides is 5. The number of nitrogens with zero attached hydrogens (tertiary/aromatic N) is 2. The minimum Gasteiger partial charge on any atom is -0.334 e. The van der Waals surface area contributed by atoms with Crippen molar-refractivity contribution in [2.75, 3.05) is 18.0 Å². The van der Waals surface area contributed by atoms with Gasteiger partial charge in [-0.1, -0.05) is 29.3 Å². The summed E-state index contributed by atoms with van der Waals surface area (Å²) in [5, 5.41) is 3.01. The first-order valence-corrected chi connectivity index (χ1v) is 6.69. The molecule has 110 valence electrons. The Bertz CT molecular complexity index is 613. The van der Waals surface area contributed by atoms with E-state index < -0.39 is 18.0 Å². The molecule has 0 bridgehead atoms. The lowest BCUT2D eigenvalue weighted by Gasteiger charge is -2.16. The summed E-state index contributed by atoms with van der Waals surface area (Å²) in [6, 6.07) is 2.92. The van der Waals surface area contributed by atoms with Gasteiger partial charge in [0, 0.05) is 16.6 Å². The Kier molecular flexibility index (Phi) is 4.50. The highest BCUT2D eigenvalue weighted by Crippen LogP contribution is 2.28. The van der Waals surface area contributed by atoms with E-state index in [2.05, 4.69) is 11.9 Å². The Balaban J connectivity index is 2.26. The SMILES string of the molecule is C=CCNC(=O)N1CC(=O)N(c2cc(Cl)cc(Cl)c2)C1=O. The molecule has 0 saturated carbocycles. The number of halogens is 2. The summed E-state index contributed by atoms with van der Waals surface area (Å²) in [4.78, 5) is 37.6. The fourth-order valence-electron chi connectivity index (χ4n) is 1.84. The second kappa shape index (κ2) is 6.15. The highest BCUT2D eigenvalue weighted by molar-refractivity contribution is 6.35. The highest BCUT2D eigenvalue weighted by Gasteiger charge is 2.40. The lowest BCUT2D eigenvalue weighted by Crippen LogP contribution is -2.42. The van der Waals surface area contributed by atoms with Crippen molar-refractivity contribution in [3.8, 4) is 0 Å². The summed E-state index contributed by atoms with van der Waals surface area (Å²) in [7, 11) is 0. The summed E-state index contributed by atoms with van der Waals surface area (Å²) >= 11 is 11.7. The molecule has 0 aromatic heterocycles. The third-order valence-corrected chi connectivity index (χ3v) is 3.15. The van der Waals surface area contributed by atoms with E-state index in [1.807, 2.05) is 0 Å². The molecule has 8 heteroatoms. The van der Waals surface area contributed by atoms with E-state index in [0.29, 0.717) is 0 Å². The average molecular weight is 328 g/mol. The fraction of sp³-hybridized carbons (Fsp3) is 0.154. The van der Waals surface area contributed by atoms with E-state index in [4.69, 9.17) is 23.2 Å². The number of carbonyl (C=O) groups is 3. The molecule has 1 aromatic rings. The predicted octanol–water partition coefficient (Wildman–Crippen LogP) is 2.66. The maximum Gasteiger partial charge on any atom is 0.340 e. The third kappa shape index (κ3) is 3.17. The van der Waals surface area contributed by atoms with E-state index in [9.17, 15) is 14.4 Å². The van der Waals surface area contributed by atoms with E-state index in [1.54, 1.807) is 0 Å². The number of hydrogen-bond acceptors (Lipinski definition) is 3. The highest BCUT2D eigenvalue weighted by atomic mass is 35.5. The monoisotopic (exact) mass is 327 g/mol. The van der Waals surface area contributed by atoms with E-state index in [-0.39, 0.29) is 28.8 Å². The summed E-state index contributed by atoms with van der Waals surface area (Å²) in [6.45, 7) is 3.30. The van der Waals surface area contributed by atoms with Gasteiger partial charge in [0.1, 0.15) is 6.54 Å². The van der Waals surface area contributed by atoms with Gasteiger partial charge in [-0.25, -0.2) is 19.4 Å². The van der Waals surface area contributed by atoms with Crippen LogP contribution in [0.1, 0.15) is 0 Å². The molecule has 5 amide bonds. The minimum absolute atomic E-state index is 0.194. The number of anilines is 1. The molecule has 1 aromatic carbocycles. The molecule has 0 aliphatic carbocycles. The van der Waals surface area contributed by atoms with Crippen LogP contribution >= 0.6 is 23.2 Å². The lowest BCUT2D eigenvalue weighted by atomic mass is 10.3. The van der Waals surface area contributed by atoms with Crippen LogP contribution in [-0.4, -0.2) is 36.0 Å². The van der Waals surface area contributed by atoms with Crippen molar-refractivity contribution in [2.24, 2.45) is 0 Å². The number of rotatable bonds is 3. The first-order chi connectivity index (χ1) is 9.93. The Morgan fingerprint density at radius 1 is 1.29 bits per heavy atom. The van der Waals surface area contributed by atoms with E-state index >= 15 is 0 Å². The smallest absolute Gasteiger partial charge is 0.334 e. The largest absolute Gasteiger partial charge is 0.340 e. The van der Waals surface area contributed by atoms with E-state index in [1.165, 1.54) is 24.3 Å². The number of nitrogens with one attached hydrogen (secondary N) is 1. The maximum absolute atomic E-state index is 12.2. The van der Waals surface area contributed by atoms with Gasteiger partial charge in [0.25, 0.3) is 5.91 Å². The average Bonchev–Trinajstić information content (AvgIpc) is 2.70. The molecular weight excluding hydrogens is 317 g/mol. The molecule has 0 atom stereocenters. The molecule has 21 heavy (non-hydrogen) atoms. The molecule has 1 aliphatic heterocycles. The van der Waals surface area contributed by atoms with Crippen molar-refractivity contribution in [3.05, 3.63) is 40.9 Å². The molecule has 0 radical (unpaired) electrons. The molecule has 1 aliphatic rings. The molecule has 0 spiro atoms. The van der Waals surface area contributed by atoms with Gasteiger partial charge in [-0.3, -0.25) is 4.79 Å². The molecule has 0 unspecified atom stereocenters. The van der Waals surface area contributed by atoms with Gasteiger partial charge in [0.05, 0.1) is 5.69 Å². The van der Waals surface area contributed by atoms with E-state index in [0.717, 1.165) is 9.80 Å². The van der Waals surface area contributed by atoms with Gasteiger partial charge in [-0.2, -0.15) is 0 Å². The second-order valence-electron chi connectivity index (χ2n) is 4.20. The third-order valence-electron chi connectivity index (χ3n) is 2.71. The van der Waals surface area contributed by atoms with Gasteiger partial charge in [0.2, 0.25) is 0 Å². The number of hydrogen-bond donors (Lipinski definition) is 1. The maximum atomic E-state index is 12.2. The Labute approximate surface area is 130 Å². The van der Waals surface area contributed by atoms with Crippen LogP contribution in [0, 0.1) is 0 Å². The Morgan fingerprint density at radius 3 is 2.48 bits per heavy atom. The zero-order valence-corrected chi connectivity index (χ0v) is 12.3. The van der Waals surface area contributed by atoms with Crippen molar-refractivity contribution in [3.63, 3.8) is 0 Å². The van der Waals surface area contributed by atoms with Gasteiger partial charge in [-0.05, 0) is 18.2 Å². The van der Waals surface area contributed by atoms with Gasteiger partial charge >= 0.3 is 12.1 Å².